The highest BCUT2D eigenvalue weighted by molar-refractivity contribution is 5.65. The zero-order valence-corrected chi connectivity index (χ0v) is 11.5. The fourth-order valence-corrected chi connectivity index (χ4v) is 1.76. The number of hydrogen-bond acceptors (Lipinski definition) is 5. The molecule has 0 aliphatic carbocycles. The van der Waals surface area contributed by atoms with E-state index < -0.39 is 0 Å². The van der Waals surface area contributed by atoms with E-state index in [0.29, 0.717) is 0 Å². The minimum absolute atomic E-state index is 0.740. The van der Waals surface area contributed by atoms with E-state index in [1.165, 1.54) is 0 Å². The van der Waals surface area contributed by atoms with Crippen molar-refractivity contribution in [3.05, 3.63) is 36.7 Å². The molecule has 1 aromatic heterocycles. The molecule has 0 aliphatic rings. The Morgan fingerprint density at radius 2 is 1.84 bits per heavy atom. The average molecular weight is 257 g/mol. The van der Waals surface area contributed by atoms with Gasteiger partial charge in [-0.1, -0.05) is 6.07 Å². The normalized spacial score (nSPS) is 10.3. The maximum Gasteiger partial charge on any atom is 0.138 e. The first-order chi connectivity index (χ1) is 9.11. The Hall–Kier alpha value is -2.30. The molecule has 0 spiro atoms. The van der Waals surface area contributed by atoms with Crippen LogP contribution in [0.25, 0.3) is 0 Å². The summed E-state index contributed by atoms with van der Waals surface area (Å²) in [5, 5.41) is 0. The number of rotatable bonds is 4. The van der Waals surface area contributed by atoms with Gasteiger partial charge in [0, 0.05) is 38.1 Å². The fourth-order valence-electron chi connectivity index (χ4n) is 1.76. The van der Waals surface area contributed by atoms with E-state index in [1.54, 1.807) is 6.33 Å². The van der Waals surface area contributed by atoms with Gasteiger partial charge in [0.15, 0.2) is 0 Å². The standard InChI is InChI=1S/C14H19N5/c1-4-18(2)13-9-14(17-10-16-13)19(3)12-7-5-6-11(15)8-12/h5-10H,4,15H2,1-3H3. The van der Waals surface area contributed by atoms with Crippen LogP contribution in [0.4, 0.5) is 23.0 Å². The molecular formula is C14H19N5. The first-order valence-corrected chi connectivity index (χ1v) is 6.24. The number of nitrogens with two attached hydrogens (primary N) is 1. The highest BCUT2D eigenvalue weighted by Gasteiger charge is 2.08. The lowest BCUT2D eigenvalue weighted by molar-refractivity contribution is 0.924. The van der Waals surface area contributed by atoms with Crippen molar-refractivity contribution in [2.75, 3.05) is 36.2 Å². The highest BCUT2D eigenvalue weighted by atomic mass is 15.2. The van der Waals surface area contributed by atoms with Gasteiger partial charge in [0.05, 0.1) is 0 Å². The van der Waals surface area contributed by atoms with E-state index in [0.717, 1.165) is 29.6 Å². The molecule has 1 heterocycles. The van der Waals surface area contributed by atoms with Gasteiger partial charge in [-0.05, 0) is 25.1 Å². The molecule has 5 nitrogen and oxygen atoms in total. The molecule has 0 atom stereocenters. The quantitative estimate of drug-likeness (QED) is 0.852. The van der Waals surface area contributed by atoms with E-state index in [1.807, 2.05) is 49.3 Å². The van der Waals surface area contributed by atoms with E-state index in [9.17, 15) is 0 Å². The Morgan fingerprint density at radius 1 is 1.11 bits per heavy atom. The molecule has 0 radical (unpaired) electrons. The van der Waals surface area contributed by atoms with Crippen LogP contribution in [0, 0.1) is 0 Å². The lowest BCUT2D eigenvalue weighted by Crippen LogP contribution is -2.19. The van der Waals surface area contributed by atoms with Crippen molar-refractivity contribution >= 4 is 23.0 Å². The predicted molar refractivity (Wildman–Crippen MR) is 79.9 cm³/mol. The zero-order chi connectivity index (χ0) is 13.8. The third-order valence-electron chi connectivity index (χ3n) is 3.10. The predicted octanol–water partition coefficient (Wildman–Crippen LogP) is 2.28. The van der Waals surface area contributed by atoms with Crippen LogP contribution in [0.5, 0.6) is 0 Å². The van der Waals surface area contributed by atoms with E-state index in [2.05, 4.69) is 21.8 Å². The number of nitrogens with zero attached hydrogens (tertiary/aromatic N) is 4. The van der Waals surface area contributed by atoms with Crippen molar-refractivity contribution in [3.63, 3.8) is 0 Å². The molecule has 0 fully saturated rings. The molecule has 5 heteroatoms. The summed E-state index contributed by atoms with van der Waals surface area (Å²) in [6.45, 7) is 2.99. The second-order valence-corrected chi connectivity index (χ2v) is 4.40. The summed E-state index contributed by atoms with van der Waals surface area (Å²) in [5.74, 6) is 1.75. The maximum atomic E-state index is 5.81. The lowest BCUT2D eigenvalue weighted by atomic mass is 10.2. The topological polar surface area (TPSA) is 58.3 Å². The van der Waals surface area contributed by atoms with Crippen LogP contribution in [-0.4, -0.2) is 30.6 Å². The van der Waals surface area contributed by atoms with E-state index in [4.69, 9.17) is 5.73 Å². The number of hydrogen-bond donors (Lipinski definition) is 1. The molecule has 0 aliphatic heterocycles. The summed E-state index contributed by atoms with van der Waals surface area (Å²) in [5.41, 5.74) is 7.55. The van der Waals surface area contributed by atoms with Gasteiger partial charge in [-0.25, -0.2) is 9.97 Å². The Bertz CT molecular complexity index is 555. The molecule has 2 rings (SSSR count). The Morgan fingerprint density at radius 3 is 2.53 bits per heavy atom. The number of aromatic nitrogens is 2. The van der Waals surface area contributed by atoms with Gasteiger partial charge in [0.25, 0.3) is 0 Å². The number of benzene rings is 1. The zero-order valence-electron chi connectivity index (χ0n) is 11.5. The van der Waals surface area contributed by atoms with Crippen LogP contribution >= 0.6 is 0 Å². The first-order valence-electron chi connectivity index (χ1n) is 6.24. The molecule has 0 bridgehead atoms. The largest absolute Gasteiger partial charge is 0.399 e. The van der Waals surface area contributed by atoms with Crippen LogP contribution in [0.15, 0.2) is 36.7 Å². The molecule has 0 amide bonds. The van der Waals surface area contributed by atoms with Crippen LogP contribution < -0.4 is 15.5 Å². The molecule has 0 saturated heterocycles. The van der Waals surface area contributed by atoms with Gasteiger partial charge in [0.1, 0.15) is 18.0 Å². The Balaban J connectivity index is 2.31. The monoisotopic (exact) mass is 257 g/mol. The highest BCUT2D eigenvalue weighted by Crippen LogP contribution is 2.24. The summed E-state index contributed by atoms with van der Waals surface area (Å²) in [7, 11) is 3.97. The molecule has 1 aromatic carbocycles. The molecule has 19 heavy (non-hydrogen) atoms. The summed E-state index contributed by atoms with van der Waals surface area (Å²) in [6, 6.07) is 9.69. The smallest absolute Gasteiger partial charge is 0.138 e. The maximum absolute atomic E-state index is 5.81. The van der Waals surface area contributed by atoms with Crippen LogP contribution in [-0.2, 0) is 0 Å². The molecule has 0 unspecified atom stereocenters. The van der Waals surface area contributed by atoms with Crippen molar-refractivity contribution in [1.29, 1.82) is 0 Å². The summed E-state index contributed by atoms with van der Waals surface area (Å²) >= 11 is 0. The van der Waals surface area contributed by atoms with Crippen molar-refractivity contribution in [2.24, 2.45) is 0 Å². The summed E-state index contributed by atoms with van der Waals surface area (Å²) in [6.07, 6.45) is 1.58. The van der Waals surface area contributed by atoms with E-state index >= 15 is 0 Å². The number of nitrogen functional groups attached to an aromatic ring is 1. The van der Waals surface area contributed by atoms with Crippen LogP contribution in [0.2, 0.25) is 0 Å². The fraction of sp³-hybridized carbons (Fsp3) is 0.286. The second kappa shape index (κ2) is 5.56. The van der Waals surface area contributed by atoms with Crippen LogP contribution in [0.1, 0.15) is 6.92 Å². The first kappa shape index (κ1) is 13.1. The minimum Gasteiger partial charge on any atom is -0.399 e. The van der Waals surface area contributed by atoms with Gasteiger partial charge in [-0.15, -0.1) is 0 Å². The lowest BCUT2D eigenvalue weighted by Gasteiger charge is -2.21. The summed E-state index contributed by atoms with van der Waals surface area (Å²) < 4.78 is 0. The number of anilines is 4. The molecule has 0 saturated carbocycles. The second-order valence-electron chi connectivity index (χ2n) is 4.40. The molecule has 2 aromatic rings. The summed E-state index contributed by atoms with van der Waals surface area (Å²) in [4.78, 5) is 12.6. The van der Waals surface area contributed by atoms with Crippen molar-refractivity contribution < 1.29 is 0 Å². The van der Waals surface area contributed by atoms with Gasteiger partial charge in [-0.2, -0.15) is 0 Å². The van der Waals surface area contributed by atoms with Crippen molar-refractivity contribution in [1.82, 2.24) is 9.97 Å². The Labute approximate surface area is 113 Å². The van der Waals surface area contributed by atoms with Gasteiger partial charge >= 0.3 is 0 Å². The average Bonchev–Trinajstić information content (AvgIpc) is 2.45. The van der Waals surface area contributed by atoms with E-state index in [-0.39, 0.29) is 0 Å². The van der Waals surface area contributed by atoms with Gasteiger partial charge in [-0.3, -0.25) is 0 Å². The molecule has 2 N–H and O–H groups in total. The van der Waals surface area contributed by atoms with Crippen LogP contribution in [0.3, 0.4) is 0 Å². The van der Waals surface area contributed by atoms with Gasteiger partial charge in [0.2, 0.25) is 0 Å². The van der Waals surface area contributed by atoms with Crippen molar-refractivity contribution in [2.45, 2.75) is 6.92 Å². The minimum atomic E-state index is 0.740. The Kier molecular flexibility index (Phi) is 3.85. The SMILES string of the molecule is CCN(C)c1cc(N(C)c2cccc(N)c2)ncn1. The molecular weight excluding hydrogens is 238 g/mol. The molecule has 100 valence electrons. The van der Waals surface area contributed by atoms with Crippen molar-refractivity contribution in [3.8, 4) is 0 Å². The van der Waals surface area contributed by atoms with Gasteiger partial charge < -0.3 is 15.5 Å². The third-order valence-corrected chi connectivity index (χ3v) is 3.10. The third kappa shape index (κ3) is 2.93.